The van der Waals surface area contributed by atoms with Crippen LogP contribution in [0, 0.1) is 5.82 Å². The Labute approximate surface area is 159 Å². The molecule has 0 spiro atoms. The highest BCUT2D eigenvalue weighted by atomic mass is 35.5. The van der Waals surface area contributed by atoms with Crippen LogP contribution in [-0.4, -0.2) is 20.1 Å². The Morgan fingerprint density at radius 1 is 0.963 bits per heavy atom. The summed E-state index contributed by atoms with van der Waals surface area (Å²) in [7, 11) is 0. The van der Waals surface area contributed by atoms with E-state index in [1.807, 2.05) is 0 Å². The predicted molar refractivity (Wildman–Crippen MR) is 102 cm³/mol. The van der Waals surface area contributed by atoms with Crippen molar-refractivity contribution < 1.29 is 9.50 Å². The molecule has 2 heterocycles. The number of fused-ring (bicyclic) bond motifs is 1. The Kier molecular flexibility index (Phi) is 4.56. The molecule has 4 aromatic rings. The number of pyridine rings is 1. The number of nitrogens with one attached hydrogen (secondary N) is 1. The van der Waals surface area contributed by atoms with Crippen molar-refractivity contribution in [3.05, 3.63) is 89.1 Å². The molecule has 1 unspecified atom stereocenters. The summed E-state index contributed by atoms with van der Waals surface area (Å²) in [6.45, 7) is 0. The van der Waals surface area contributed by atoms with Gasteiger partial charge in [0.05, 0.1) is 11.1 Å². The number of nitrogens with zero attached hydrogens (tertiary/aromatic N) is 3. The summed E-state index contributed by atoms with van der Waals surface area (Å²) in [6.07, 6.45) is 4.79. The first kappa shape index (κ1) is 17.2. The number of anilines is 1. The molecule has 2 aromatic heterocycles. The summed E-state index contributed by atoms with van der Waals surface area (Å²) in [6, 6.07) is 12.3. The lowest BCUT2D eigenvalue weighted by Gasteiger charge is -2.22. The van der Waals surface area contributed by atoms with E-state index >= 15 is 0 Å². The van der Waals surface area contributed by atoms with Gasteiger partial charge in [-0.25, -0.2) is 14.4 Å². The monoisotopic (exact) mass is 380 g/mol. The van der Waals surface area contributed by atoms with Gasteiger partial charge in [-0.2, -0.15) is 0 Å². The average molecular weight is 381 g/mol. The molecule has 0 aliphatic carbocycles. The van der Waals surface area contributed by atoms with E-state index in [1.54, 1.807) is 55.0 Å². The fourth-order valence-corrected chi connectivity index (χ4v) is 3.19. The number of phenols is 1. The van der Waals surface area contributed by atoms with E-state index in [4.69, 9.17) is 11.6 Å². The molecule has 5 nitrogen and oxygen atoms in total. The van der Waals surface area contributed by atoms with Gasteiger partial charge >= 0.3 is 0 Å². The molecule has 0 aliphatic heterocycles. The minimum Gasteiger partial charge on any atom is -0.505 e. The van der Waals surface area contributed by atoms with Gasteiger partial charge in [-0.15, -0.1) is 0 Å². The highest BCUT2D eigenvalue weighted by Gasteiger charge is 2.22. The Morgan fingerprint density at radius 2 is 1.67 bits per heavy atom. The van der Waals surface area contributed by atoms with E-state index in [0.717, 1.165) is 0 Å². The summed E-state index contributed by atoms with van der Waals surface area (Å²) in [5, 5.41) is 15.1. The summed E-state index contributed by atoms with van der Waals surface area (Å²) < 4.78 is 13.4. The third-order valence-corrected chi connectivity index (χ3v) is 4.51. The maximum Gasteiger partial charge on any atom is 0.223 e. The van der Waals surface area contributed by atoms with Gasteiger partial charge in [-0.05, 0) is 42.0 Å². The van der Waals surface area contributed by atoms with Crippen molar-refractivity contribution in [2.24, 2.45) is 0 Å². The maximum atomic E-state index is 13.4. The van der Waals surface area contributed by atoms with Crippen LogP contribution in [0.2, 0.25) is 5.02 Å². The van der Waals surface area contributed by atoms with E-state index in [-0.39, 0.29) is 11.6 Å². The molecule has 0 fully saturated rings. The summed E-state index contributed by atoms with van der Waals surface area (Å²) >= 11 is 6.42. The number of halogens is 2. The number of hydrogen-bond donors (Lipinski definition) is 2. The van der Waals surface area contributed by atoms with Gasteiger partial charge in [0.2, 0.25) is 5.95 Å². The zero-order valence-electron chi connectivity index (χ0n) is 14.0. The molecular formula is C20H14ClFN4O. The minimum absolute atomic E-state index is 0.00671. The van der Waals surface area contributed by atoms with Gasteiger partial charge in [0, 0.05) is 29.5 Å². The SMILES string of the molecule is Oc1c(C(Nc2ncccn2)c2ccc(F)cc2)cc(Cl)c2cccnc12. The van der Waals surface area contributed by atoms with E-state index in [1.165, 1.54) is 12.1 Å². The van der Waals surface area contributed by atoms with Crippen LogP contribution in [-0.2, 0) is 0 Å². The smallest absolute Gasteiger partial charge is 0.223 e. The van der Waals surface area contributed by atoms with Crippen molar-refractivity contribution >= 4 is 28.5 Å². The number of aromatic nitrogens is 3. The third-order valence-electron chi connectivity index (χ3n) is 4.20. The lowest BCUT2D eigenvalue weighted by atomic mass is 9.96. The Balaban J connectivity index is 1.89. The molecule has 27 heavy (non-hydrogen) atoms. The number of phenolic OH excluding ortho intramolecular Hbond substituents is 1. The van der Waals surface area contributed by atoms with Crippen LogP contribution in [0.25, 0.3) is 10.9 Å². The molecule has 4 rings (SSSR count). The number of aromatic hydroxyl groups is 1. The second kappa shape index (κ2) is 7.17. The van der Waals surface area contributed by atoms with Crippen LogP contribution in [0.15, 0.2) is 67.1 Å². The van der Waals surface area contributed by atoms with E-state index in [9.17, 15) is 9.50 Å². The normalized spacial score (nSPS) is 12.1. The minimum atomic E-state index is -0.558. The molecule has 0 aliphatic rings. The van der Waals surface area contributed by atoms with Crippen molar-refractivity contribution in [3.63, 3.8) is 0 Å². The van der Waals surface area contributed by atoms with Crippen LogP contribution in [0.1, 0.15) is 17.2 Å². The van der Waals surface area contributed by atoms with Crippen LogP contribution in [0.3, 0.4) is 0 Å². The largest absolute Gasteiger partial charge is 0.505 e. The fourth-order valence-electron chi connectivity index (χ4n) is 2.92. The molecule has 0 amide bonds. The third kappa shape index (κ3) is 3.39. The van der Waals surface area contributed by atoms with E-state index in [2.05, 4.69) is 20.3 Å². The first-order valence-corrected chi connectivity index (χ1v) is 8.56. The van der Waals surface area contributed by atoms with Gasteiger partial charge in [0.25, 0.3) is 0 Å². The summed E-state index contributed by atoms with van der Waals surface area (Å²) in [5.41, 5.74) is 1.60. The van der Waals surface area contributed by atoms with Crippen LogP contribution >= 0.6 is 11.6 Å². The van der Waals surface area contributed by atoms with Crippen molar-refractivity contribution in [2.75, 3.05) is 5.32 Å². The second-order valence-electron chi connectivity index (χ2n) is 5.90. The van der Waals surface area contributed by atoms with Crippen molar-refractivity contribution in [1.82, 2.24) is 15.0 Å². The molecule has 2 aromatic carbocycles. The first-order valence-electron chi connectivity index (χ1n) is 8.18. The van der Waals surface area contributed by atoms with Gasteiger partial charge in [0.15, 0.2) is 0 Å². The quantitative estimate of drug-likeness (QED) is 0.536. The van der Waals surface area contributed by atoms with Crippen molar-refractivity contribution in [2.45, 2.75) is 6.04 Å². The number of rotatable bonds is 4. The Bertz CT molecular complexity index is 1090. The van der Waals surface area contributed by atoms with E-state index in [0.29, 0.717) is 33.0 Å². The summed E-state index contributed by atoms with van der Waals surface area (Å²) in [5.74, 6) is 0.00659. The lowest BCUT2D eigenvalue weighted by Crippen LogP contribution is -2.15. The van der Waals surface area contributed by atoms with Gasteiger partial charge in [0.1, 0.15) is 17.1 Å². The molecule has 0 saturated heterocycles. The van der Waals surface area contributed by atoms with Gasteiger partial charge < -0.3 is 10.4 Å². The average Bonchev–Trinajstić information content (AvgIpc) is 2.71. The zero-order valence-corrected chi connectivity index (χ0v) is 14.7. The molecule has 1 atom stereocenters. The molecule has 0 radical (unpaired) electrons. The Morgan fingerprint density at radius 3 is 2.41 bits per heavy atom. The number of hydrogen-bond acceptors (Lipinski definition) is 5. The van der Waals surface area contributed by atoms with Gasteiger partial charge in [-0.1, -0.05) is 23.7 Å². The van der Waals surface area contributed by atoms with Crippen LogP contribution < -0.4 is 5.32 Å². The topological polar surface area (TPSA) is 70.9 Å². The van der Waals surface area contributed by atoms with Gasteiger partial charge in [-0.3, -0.25) is 4.98 Å². The molecule has 134 valence electrons. The predicted octanol–water partition coefficient (Wildman–Crippen LogP) is 4.72. The molecule has 0 bridgehead atoms. The highest BCUT2D eigenvalue weighted by Crippen LogP contribution is 2.39. The summed E-state index contributed by atoms with van der Waals surface area (Å²) in [4.78, 5) is 12.6. The van der Waals surface area contributed by atoms with Crippen LogP contribution in [0.5, 0.6) is 5.75 Å². The van der Waals surface area contributed by atoms with Crippen molar-refractivity contribution in [3.8, 4) is 5.75 Å². The lowest BCUT2D eigenvalue weighted by molar-refractivity contribution is 0.471. The molecule has 2 N–H and O–H groups in total. The fraction of sp³-hybridized carbons (Fsp3) is 0.0500. The number of benzene rings is 2. The first-order chi connectivity index (χ1) is 13.1. The molecule has 0 saturated carbocycles. The standard InChI is InChI=1S/C20H14ClFN4O/c21-16-11-15(19(27)18-14(16)3-1-8-23-18)17(12-4-6-13(22)7-5-12)26-20-24-9-2-10-25-20/h1-11,17,27H,(H,24,25,26). The highest BCUT2D eigenvalue weighted by molar-refractivity contribution is 6.35. The molecule has 7 heteroatoms. The van der Waals surface area contributed by atoms with E-state index < -0.39 is 6.04 Å². The second-order valence-corrected chi connectivity index (χ2v) is 6.30. The zero-order chi connectivity index (χ0) is 18.8. The Hall–Kier alpha value is -3.25. The molecular weight excluding hydrogens is 367 g/mol. The van der Waals surface area contributed by atoms with Crippen molar-refractivity contribution in [1.29, 1.82) is 0 Å². The maximum absolute atomic E-state index is 13.4. The van der Waals surface area contributed by atoms with Crippen LogP contribution in [0.4, 0.5) is 10.3 Å².